The highest BCUT2D eigenvalue weighted by Crippen LogP contribution is 2.19. The van der Waals surface area contributed by atoms with Crippen molar-refractivity contribution in [3.05, 3.63) is 65.0 Å². The topological polar surface area (TPSA) is 9.23 Å². The summed E-state index contributed by atoms with van der Waals surface area (Å²) in [6, 6.07) is 13.0. The van der Waals surface area contributed by atoms with Gasteiger partial charge in [-0.1, -0.05) is 47.1 Å². The van der Waals surface area contributed by atoms with Crippen LogP contribution in [0.4, 0.5) is 4.39 Å². The average Bonchev–Trinajstić information content (AvgIpc) is 2.45. The molecular weight excluding hydrogens is 307 g/mol. The molecule has 19 heavy (non-hydrogen) atoms. The molecule has 0 amide bonds. The van der Waals surface area contributed by atoms with Crippen LogP contribution < -0.4 is 4.74 Å². The van der Waals surface area contributed by atoms with Crippen molar-refractivity contribution in [3.8, 4) is 5.75 Å². The van der Waals surface area contributed by atoms with E-state index in [0.717, 1.165) is 17.5 Å². The number of halogens is 2. The Morgan fingerprint density at radius 2 is 1.68 bits per heavy atom. The molecule has 0 aliphatic carbocycles. The first-order valence-electron chi connectivity index (χ1n) is 6.27. The Morgan fingerprint density at radius 3 is 2.32 bits per heavy atom. The summed E-state index contributed by atoms with van der Waals surface area (Å²) in [6.45, 7) is 2.58. The molecule has 1 nitrogen and oxygen atoms in total. The van der Waals surface area contributed by atoms with Crippen LogP contribution >= 0.6 is 15.9 Å². The van der Waals surface area contributed by atoms with Crippen molar-refractivity contribution in [2.24, 2.45) is 0 Å². The fraction of sp³-hybridized carbons (Fsp3) is 0.250. The monoisotopic (exact) mass is 322 g/mol. The molecular formula is C16H16BrFO. The lowest BCUT2D eigenvalue weighted by molar-refractivity contribution is 0.304. The molecule has 0 spiro atoms. The van der Waals surface area contributed by atoms with Crippen LogP contribution in [0.1, 0.15) is 23.6 Å². The molecule has 2 rings (SSSR count). The molecule has 0 bridgehead atoms. The normalized spacial score (nSPS) is 10.5. The lowest BCUT2D eigenvalue weighted by Crippen LogP contribution is -1.97. The highest BCUT2D eigenvalue weighted by Gasteiger charge is 2.02. The predicted octanol–water partition coefficient (Wildman–Crippen LogP) is 4.86. The Bertz CT molecular complexity index is 537. The lowest BCUT2D eigenvalue weighted by atomic mass is 10.1. The highest BCUT2D eigenvalue weighted by molar-refractivity contribution is 9.08. The summed E-state index contributed by atoms with van der Waals surface area (Å²) in [7, 11) is 0. The Morgan fingerprint density at radius 1 is 1.00 bits per heavy atom. The minimum Gasteiger partial charge on any atom is -0.489 e. The number of rotatable bonds is 5. The molecule has 100 valence electrons. The maximum atomic E-state index is 13.3. The van der Waals surface area contributed by atoms with Crippen molar-refractivity contribution < 1.29 is 9.13 Å². The van der Waals surface area contributed by atoms with Crippen molar-refractivity contribution >= 4 is 15.9 Å². The zero-order chi connectivity index (χ0) is 13.7. The van der Waals surface area contributed by atoms with Crippen LogP contribution in [0.3, 0.4) is 0 Å². The molecule has 0 atom stereocenters. The first kappa shape index (κ1) is 14.1. The van der Waals surface area contributed by atoms with Gasteiger partial charge >= 0.3 is 0 Å². The van der Waals surface area contributed by atoms with Gasteiger partial charge in [0.15, 0.2) is 0 Å². The molecule has 0 aliphatic rings. The number of aryl methyl sites for hydroxylation is 1. The second-order valence-corrected chi connectivity index (χ2v) is 4.95. The second-order valence-electron chi connectivity index (χ2n) is 4.39. The molecule has 0 N–H and O–H groups in total. The van der Waals surface area contributed by atoms with Gasteiger partial charge in [-0.25, -0.2) is 4.39 Å². The van der Waals surface area contributed by atoms with Crippen LogP contribution in [-0.4, -0.2) is 0 Å². The molecule has 2 aromatic carbocycles. The van der Waals surface area contributed by atoms with Gasteiger partial charge in [0.05, 0.1) is 0 Å². The van der Waals surface area contributed by atoms with E-state index in [2.05, 4.69) is 35.0 Å². The van der Waals surface area contributed by atoms with Crippen LogP contribution in [0.5, 0.6) is 5.75 Å². The number of hydrogen-bond donors (Lipinski definition) is 0. The molecule has 0 aliphatic heterocycles. The number of hydrogen-bond acceptors (Lipinski definition) is 1. The summed E-state index contributed by atoms with van der Waals surface area (Å²) < 4.78 is 19.0. The first-order chi connectivity index (χ1) is 9.21. The number of ether oxygens (including phenoxy) is 1. The van der Waals surface area contributed by atoms with Gasteiger partial charge in [0.25, 0.3) is 0 Å². The van der Waals surface area contributed by atoms with Gasteiger partial charge in [-0.2, -0.15) is 0 Å². The predicted molar refractivity (Wildman–Crippen MR) is 79.2 cm³/mol. The minimum absolute atomic E-state index is 0.270. The summed E-state index contributed by atoms with van der Waals surface area (Å²) >= 11 is 3.32. The van der Waals surface area contributed by atoms with Crippen LogP contribution in [-0.2, 0) is 18.4 Å². The van der Waals surface area contributed by atoms with Crippen molar-refractivity contribution in [2.75, 3.05) is 0 Å². The van der Waals surface area contributed by atoms with Crippen molar-refractivity contribution in [2.45, 2.75) is 25.3 Å². The fourth-order valence-electron chi connectivity index (χ4n) is 1.82. The molecule has 2 aromatic rings. The number of alkyl halides is 1. The van der Waals surface area contributed by atoms with Gasteiger partial charge < -0.3 is 4.74 Å². The quantitative estimate of drug-likeness (QED) is 0.714. The van der Waals surface area contributed by atoms with Crippen LogP contribution in [0.15, 0.2) is 42.5 Å². The van der Waals surface area contributed by atoms with Gasteiger partial charge in [0.2, 0.25) is 0 Å². The number of benzene rings is 2. The summed E-state index contributed by atoms with van der Waals surface area (Å²) in [4.78, 5) is 0. The summed E-state index contributed by atoms with van der Waals surface area (Å²) in [5.74, 6) is 0.294. The maximum absolute atomic E-state index is 13.3. The van der Waals surface area contributed by atoms with E-state index in [1.165, 1.54) is 17.7 Å². The maximum Gasteiger partial charge on any atom is 0.127 e. The highest BCUT2D eigenvalue weighted by atomic mass is 79.9. The third-order valence-electron chi connectivity index (χ3n) is 2.92. The zero-order valence-corrected chi connectivity index (χ0v) is 12.4. The fourth-order valence-corrected chi connectivity index (χ4v) is 2.14. The van der Waals surface area contributed by atoms with E-state index in [1.54, 1.807) is 0 Å². The molecule has 0 saturated carbocycles. The van der Waals surface area contributed by atoms with E-state index in [1.807, 2.05) is 18.2 Å². The minimum atomic E-state index is -0.270. The van der Waals surface area contributed by atoms with Gasteiger partial charge in [0, 0.05) is 11.4 Å². The van der Waals surface area contributed by atoms with E-state index in [-0.39, 0.29) is 5.82 Å². The average molecular weight is 323 g/mol. The van der Waals surface area contributed by atoms with Crippen molar-refractivity contribution in [1.82, 2.24) is 0 Å². The molecule has 0 unspecified atom stereocenters. The molecule has 0 saturated heterocycles. The Kier molecular flexibility index (Phi) is 4.97. The second kappa shape index (κ2) is 6.71. The smallest absolute Gasteiger partial charge is 0.127 e. The largest absolute Gasteiger partial charge is 0.489 e. The van der Waals surface area contributed by atoms with Gasteiger partial charge in [-0.3, -0.25) is 0 Å². The Hall–Kier alpha value is -1.35. The third kappa shape index (κ3) is 4.06. The Balaban J connectivity index is 2.03. The van der Waals surface area contributed by atoms with Crippen LogP contribution in [0.25, 0.3) is 0 Å². The van der Waals surface area contributed by atoms with E-state index < -0.39 is 0 Å². The van der Waals surface area contributed by atoms with Crippen molar-refractivity contribution in [1.29, 1.82) is 0 Å². The molecule has 0 heterocycles. The standard InChI is InChI=1S/C16H16BrFO/c1-2-12-3-5-13(6-4-12)11-19-16-8-14(10-17)7-15(18)9-16/h3-9H,2,10-11H2,1H3. The van der Waals surface area contributed by atoms with E-state index in [0.29, 0.717) is 17.7 Å². The van der Waals surface area contributed by atoms with Crippen molar-refractivity contribution in [3.63, 3.8) is 0 Å². The zero-order valence-electron chi connectivity index (χ0n) is 10.8. The summed E-state index contributed by atoms with van der Waals surface area (Å²) in [5, 5.41) is 0.617. The molecule has 0 radical (unpaired) electrons. The molecule has 3 heteroatoms. The van der Waals surface area contributed by atoms with E-state index in [9.17, 15) is 4.39 Å². The van der Waals surface area contributed by atoms with Crippen LogP contribution in [0, 0.1) is 5.82 Å². The van der Waals surface area contributed by atoms with Gasteiger partial charge in [0.1, 0.15) is 18.2 Å². The third-order valence-corrected chi connectivity index (χ3v) is 3.57. The lowest BCUT2D eigenvalue weighted by Gasteiger charge is -2.08. The van der Waals surface area contributed by atoms with Crippen LogP contribution in [0.2, 0.25) is 0 Å². The SMILES string of the molecule is CCc1ccc(COc2cc(F)cc(CBr)c2)cc1. The van der Waals surface area contributed by atoms with Gasteiger partial charge in [-0.15, -0.1) is 0 Å². The summed E-state index contributed by atoms with van der Waals surface area (Å²) in [6.07, 6.45) is 1.03. The summed E-state index contributed by atoms with van der Waals surface area (Å²) in [5.41, 5.74) is 3.26. The van der Waals surface area contributed by atoms with E-state index in [4.69, 9.17) is 4.74 Å². The van der Waals surface area contributed by atoms with E-state index >= 15 is 0 Å². The Labute approximate surface area is 121 Å². The molecule has 0 fully saturated rings. The van der Waals surface area contributed by atoms with Gasteiger partial charge in [-0.05, 0) is 35.2 Å². The molecule has 0 aromatic heterocycles. The first-order valence-corrected chi connectivity index (χ1v) is 7.39.